The van der Waals surface area contributed by atoms with Gasteiger partial charge in [-0.15, -0.1) is 0 Å². The fourth-order valence-corrected chi connectivity index (χ4v) is 6.76. The maximum absolute atomic E-state index is 2.40. The maximum atomic E-state index is 2.40. The summed E-state index contributed by atoms with van der Waals surface area (Å²) in [6.07, 6.45) is 9.25. The summed E-state index contributed by atoms with van der Waals surface area (Å²) >= 11 is 0. The molecule has 0 atom stereocenters. The lowest BCUT2D eigenvalue weighted by Crippen LogP contribution is -2.09. The van der Waals surface area contributed by atoms with Gasteiger partial charge in [0.25, 0.3) is 0 Å². The molecule has 2 nitrogen and oxygen atoms in total. The van der Waals surface area contributed by atoms with E-state index in [0.29, 0.717) is 0 Å². The summed E-state index contributed by atoms with van der Waals surface area (Å²) in [5.74, 6) is 0. The van der Waals surface area contributed by atoms with E-state index in [1.165, 1.54) is 78.7 Å². The summed E-state index contributed by atoms with van der Waals surface area (Å²) in [6.45, 7) is 8.54. The van der Waals surface area contributed by atoms with E-state index in [2.05, 4.69) is 195 Å². The van der Waals surface area contributed by atoms with Gasteiger partial charge in [0.1, 0.15) is 0 Å². The molecule has 2 heteroatoms. The Labute approximate surface area is 298 Å². The monoisotopic (exact) mass is 650 g/mol. The predicted octanol–water partition coefficient (Wildman–Crippen LogP) is 13.9. The third-order valence-corrected chi connectivity index (χ3v) is 9.75. The zero-order chi connectivity index (χ0) is 34.5. The molecule has 7 rings (SSSR count). The molecular weight excluding hydrogens is 605 g/mol. The van der Waals surface area contributed by atoms with E-state index in [1.54, 1.807) is 0 Å². The van der Waals surface area contributed by atoms with Gasteiger partial charge in [0.15, 0.2) is 0 Å². The van der Waals surface area contributed by atoms with Crippen molar-refractivity contribution in [3.63, 3.8) is 0 Å². The third kappa shape index (κ3) is 7.82. The van der Waals surface area contributed by atoms with Gasteiger partial charge in [0, 0.05) is 34.1 Å². The van der Waals surface area contributed by atoms with Crippen molar-refractivity contribution in [1.82, 2.24) is 0 Å². The van der Waals surface area contributed by atoms with Crippen LogP contribution in [0.5, 0.6) is 0 Å². The van der Waals surface area contributed by atoms with Crippen LogP contribution in [0.2, 0.25) is 0 Å². The second-order valence-electron chi connectivity index (χ2n) is 13.8. The van der Waals surface area contributed by atoms with Gasteiger partial charge in [0.05, 0.1) is 0 Å². The number of rotatable bonds is 8. The van der Waals surface area contributed by atoms with Gasteiger partial charge < -0.3 is 9.80 Å². The smallest absolute Gasteiger partial charge is 0.0462 e. The molecule has 0 aromatic heterocycles. The quantitative estimate of drug-likeness (QED) is 0.162. The van der Waals surface area contributed by atoms with Crippen LogP contribution >= 0.6 is 0 Å². The normalized spacial score (nSPS) is 12.8. The highest BCUT2D eigenvalue weighted by atomic mass is 15.1. The lowest BCUT2D eigenvalue weighted by molar-refractivity contribution is 0.739. The molecule has 0 N–H and O–H groups in total. The van der Waals surface area contributed by atoms with Gasteiger partial charge in [-0.25, -0.2) is 0 Å². The molecule has 0 unspecified atom stereocenters. The van der Waals surface area contributed by atoms with E-state index in [4.69, 9.17) is 0 Å². The number of nitrogens with zero attached hydrogens (tertiary/aromatic N) is 2. The third-order valence-electron chi connectivity index (χ3n) is 9.75. The molecule has 248 valence electrons. The highest BCUT2D eigenvalue weighted by Gasteiger charge is 2.15. The van der Waals surface area contributed by atoms with Crippen LogP contribution in [0.1, 0.15) is 59.1 Å². The van der Waals surface area contributed by atoms with Crippen LogP contribution in [-0.4, -0.2) is 0 Å². The molecule has 1 saturated carbocycles. The van der Waals surface area contributed by atoms with E-state index < -0.39 is 0 Å². The number of anilines is 6. The minimum Gasteiger partial charge on any atom is -0.311 e. The summed E-state index contributed by atoms with van der Waals surface area (Å²) in [4.78, 5) is 4.67. The van der Waals surface area contributed by atoms with Crippen molar-refractivity contribution in [1.29, 1.82) is 0 Å². The molecule has 1 aliphatic carbocycles. The van der Waals surface area contributed by atoms with E-state index >= 15 is 0 Å². The van der Waals surface area contributed by atoms with Crippen LogP contribution in [0.4, 0.5) is 34.1 Å². The number of benzene rings is 6. The van der Waals surface area contributed by atoms with Gasteiger partial charge in [-0.3, -0.25) is 0 Å². The second-order valence-corrected chi connectivity index (χ2v) is 13.8. The van der Waals surface area contributed by atoms with E-state index in [9.17, 15) is 0 Å². The zero-order valence-corrected chi connectivity index (χ0v) is 29.7. The topological polar surface area (TPSA) is 6.48 Å². The predicted molar refractivity (Wildman–Crippen MR) is 216 cm³/mol. The summed E-state index contributed by atoms with van der Waals surface area (Å²) in [6, 6.07) is 53.2. The standard InChI is InChI=1S/C48H46N2/c1-35-5-21-43(22-6-35)49(44-23-7-36(2)8-24-44)47-29-17-41(18-30-47)33-39-13-15-40(16-14-39)34-42-19-31-48(32-20-42)50(45-25-9-37(3)10-26-45)46-27-11-38(4)12-28-46/h5-12,17-34H,13-16H2,1-4H3. The van der Waals surface area contributed by atoms with Crippen LogP contribution < -0.4 is 9.80 Å². The van der Waals surface area contributed by atoms with E-state index in [-0.39, 0.29) is 0 Å². The molecule has 50 heavy (non-hydrogen) atoms. The molecule has 0 amide bonds. The van der Waals surface area contributed by atoms with Crippen LogP contribution in [-0.2, 0) is 0 Å². The molecule has 0 spiro atoms. The van der Waals surface area contributed by atoms with Gasteiger partial charge in [-0.1, -0.05) is 118 Å². The number of allylic oxidation sites excluding steroid dienone is 2. The van der Waals surface area contributed by atoms with Crippen molar-refractivity contribution >= 4 is 46.3 Å². The van der Waals surface area contributed by atoms with Gasteiger partial charge in [-0.2, -0.15) is 0 Å². The Hall–Kier alpha value is -5.60. The summed E-state index contributed by atoms with van der Waals surface area (Å²) in [7, 11) is 0. The number of aryl methyl sites for hydroxylation is 4. The van der Waals surface area contributed by atoms with Gasteiger partial charge >= 0.3 is 0 Å². The van der Waals surface area contributed by atoms with E-state index in [1.807, 2.05) is 0 Å². The maximum Gasteiger partial charge on any atom is 0.0462 e. The largest absolute Gasteiger partial charge is 0.311 e. The van der Waals surface area contributed by atoms with Crippen molar-refractivity contribution in [2.75, 3.05) is 9.80 Å². The Balaban J connectivity index is 1.03. The average Bonchev–Trinajstić information content (AvgIpc) is 3.14. The molecule has 1 aliphatic rings. The molecule has 0 radical (unpaired) electrons. The molecule has 1 fully saturated rings. The van der Waals surface area contributed by atoms with Crippen molar-refractivity contribution < 1.29 is 0 Å². The summed E-state index contributed by atoms with van der Waals surface area (Å²) in [5.41, 5.74) is 17.7. The summed E-state index contributed by atoms with van der Waals surface area (Å²) in [5, 5.41) is 0. The SMILES string of the molecule is Cc1ccc(N(c2ccc(C)cc2)c2ccc(C=C3CCC(=Cc4ccc(N(c5ccc(C)cc5)c5ccc(C)cc5)cc4)CC3)cc2)cc1. The number of hydrogen-bond acceptors (Lipinski definition) is 2. The Kier molecular flexibility index (Phi) is 9.80. The lowest BCUT2D eigenvalue weighted by atomic mass is 9.88. The first-order valence-electron chi connectivity index (χ1n) is 17.8. The highest BCUT2D eigenvalue weighted by Crippen LogP contribution is 2.37. The molecule has 0 bridgehead atoms. The second kappa shape index (κ2) is 14.9. The van der Waals surface area contributed by atoms with Crippen molar-refractivity contribution in [3.8, 4) is 0 Å². The Morgan fingerprint density at radius 3 is 0.720 bits per heavy atom. The number of hydrogen-bond donors (Lipinski definition) is 0. The minimum atomic E-state index is 1.11. The minimum absolute atomic E-state index is 1.11. The van der Waals surface area contributed by atoms with Gasteiger partial charge in [-0.05, 0) is 137 Å². The molecule has 0 aliphatic heterocycles. The van der Waals surface area contributed by atoms with Crippen LogP contribution in [0.15, 0.2) is 157 Å². The van der Waals surface area contributed by atoms with Crippen molar-refractivity contribution in [2.24, 2.45) is 0 Å². The first-order chi connectivity index (χ1) is 24.4. The molecule has 0 heterocycles. The average molecular weight is 651 g/mol. The van der Waals surface area contributed by atoms with Crippen LogP contribution in [0.3, 0.4) is 0 Å². The highest BCUT2D eigenvalue weighted by molar-refractivity contribution is 5.78. The molecule has 6 aromatic carbocycles. The molecular formula is C48H46N2. The van der Waals surface area contributed by atoms with Crippen molar-refractivity contribution in [2.45, 2.75) is 53.4 Å². The molecule has 6 aromatic rings. The molecule has 0 saturated heterocycles. The fraction of sp³-hybridized carbons (Fsp3) is 0.167. The first-order valence-corrected chi connectivity index (χ1v) is 17.8. The zero-order valence-electron chi connectivity index (χ0n) is 29.7. The lowest BCUT2D eigenvalue weighted by Gasteiger charge is -2.26. The fourth-order valence-electron chi connectivity index (χ4n) is 6.76. The summed E-state index contributed by atoms with van der Waals surface area (Å²) < 4.78 is 0. The Bertz CT molecular complexity index is 1820. The first kappa shape index (κ1) is 32.9. The van der Waals surface area contributed by atoms with Gasteiger partial charge in [0.2, 0.25) is 0 Å². The van der Waals surface area contributed by atoms with E-state index in [0.717, 1.165) is 25.7 Å². The van der Waals surface area contributed by atoms with Crippen LogP contribution in [0, 0.1) is 27.7 Å². The van der Waals surface area contributed by atoms with Crippen molar-refractivity contribution in [3.05, 3.63) is 190 Å². The van der Waals surface area contributed by atoms with Crippen LogP contribution in [0.25, 0.3) is 12.2 Å². The Morgan fingerprint density at radius 1 is 0.300 bits per heavy atom. The Morgan fingerprint density at radius 2 is 0.500 bits per heavy atom.